The number of carbonyl (C=O) groups is 1. The molecule has 1 heterocycles. The van der Waals surface area contributed by atoms with Crippen LogP contribution in [0.4, 0.5) is 5.69 Å². The van der Waals surface area contributed by atoms with Crippen LogP contribution in [0.2, 0.25) is 0 Å². The van der Waals surface area contributed by atoms with Gasteiger partial charge in [-0.2, -0.15) is 0 Å². The second-order valence-corrected chi connectivity index (χ2v) is 8.10. The summed E-state index contributed by atoms with van der Waals surface area (Å²) in [6.07, 6.45) is 1.80. The third-order valence-corrected chi connectivity index (χ3v) is 5.43. The summed E-state index contributed by atoms with van der Waals surface area (Å²) in [6.45, 7) is 8.37. The first-order valence-electron chi connectivity index (χ1n) is 10.4. The molecule has 0 saturated carbocycles. The van der Waals surface area contributed by atoms with Crippen LogP contribution in [0.15, 0.2) is 48.5 Å². The molecule has 1 N–H and O–H groups in total. The van der Waals surface area contributed by atoms with E-state index in [0.717, 1.165) is 29.8 Å². The molecule has 0 radical (unpaired) electrons. The predicted octanol–water partition coefficient (Wildman–Crippen LogP) is 4.89. The van der Waals surface area contributed by atoms with Gasteiger partial charge in [-0.3, -0.25) is 4.79 Å². The summed E-state index contributed by atoms with van der Waals surface area (Å²) in [5.41, 5.74) is 1.94. The number of hydrogen-bond acceptors (Lipinski definition) is 4. The van der Waals surface area contributed by atoms with Crippen LogP contribution >= 0.6 is 0 Å². The Labute approximate surface area is 174 Å². The molecule has 1 amide bonds. The number of amides is 1. The fourth-order valence-corrected chi connectivity index (χ4v) is 3.67. The monoisotopic (exact) mass is 396 g/mol. The number of fused-ring (bicyclic) bond motifs is 1. The van der Waals surface area contributed by atoms with Crippen molar-refractivity contribution in [2.75, 3.05) is 32.2 Å². The van der Waals surface area contributed by atoms with E-state index in [0.29, 0.717) is 31.2 Å². The highest BCUT2D eigenvalue weighted by Gasteiger charge is 2.42. The zero-order valence-corrected chi connectivity index (χ0v) is 17.9. The van der Waals surface area contributed by atoms with E-state index in [-0.39, 0.29) is 5.91 Å². The van der Waals surface area contributed by atoms with Crippen LogP contribution in [0.1, 0.15) is 49.5 Å². The molecule has 0 aliphatic carbocycles. The first-order chi connectivity index (χ1) is 14.0. The van der Waals surface area contributed by atoms with Gasteiger partial charge < -0.3 is 19.7 Å². The average Bonchev–Trinajstić information content (AvgIpc) is 2.71. The Morgan fingerprint density at radius 2 is 1.79 bits per heavy atom. The van der Waals surface area contributed by atoms with Crippen LogP contribution in [-0.2, 0) is 10.4 Å². The number of hydrogen-bond donors (Lipinski definition) is 1. The molecular formula is C24H32N2O3. The molecule has 2 aromatic carbocycles. The van der Waals surface area contributed by atoms with Crippen LogP contribution in [0.3, 0.4) is 0 Å². The zero-order valence-electron chi connectivity index (χ0n) is 17.9. The Morgan fingerprint density at radius 3 is 2.48 bits per heavy atom. The molecule has 29 heavy (non-hydrogen) atoms. The lowest BCUT2D eigenvalue weighted by molar-refractivity contribution is 0.0504. The van der Waals surface area contributed by atoms with Crippen molar-refractivity contribution in [2.24, 2.45) is 5.92 Å². The smallest absolute Gasteiger partial charge is 0.258 e. The number of benzene rings is 2. The Kier molecular flexibility index (Phi) is 6.80. The highest BCUT2D eigenvalue weighted by atomic mass is 16.5. The molecule has 5 nitrogen and oxygen atoms in total. The largest absolute Gasteiger partial charge is 0.494 e. The Morgan fingerprint density at radius 1 is 1.07 bits per heavy atom. The minimum Gasteiger partial charge on any atom is -0.494 e. The summed E-state index contributed by atoms with van der Waals surface area (Å²) in [6, 6.07) is 15.7. The molecule has 1 aliphatic heterocycles. The quantitative estimate of drug-likeness (QED) is 0.613. The van der Waals surface area contributed by atoms with Crippen LogP contribution in [0.5, 0.6) is 5.75 Å². The normalized spacial score (nSPS) is 18.5. The number of nitrogens with one attached hydrogen (secondary N) is 1. The fraction of sp³-hybridized carbons (Fsp3) is 0.458. The molecule has 1 unspecified atom stereocenters. The van der Waals surface area contributed by atoms with Crippen molar-refractivity contribution in [3.63, 3.8) is 0 Å². The molecule has 2 aromatic rings. The Balaban J connectivity index is 1.86. The van der Waals surface area contributed by atoms with Crippen LogP contribution in [0, 0.1) is 5.92 Å². The van der Waals surface area contributed by atoms with Gasteiger partial charge in [-0.05, 0) is 55.5 Å². The molecular weight excluding hydrogens is 364 g/mol. The van der Waals surface area contributed by atoms with E-state index in [4.69, 9.17) is 9.47 Å². The third kappa shape index (κ3) is 4.73. The lowest BCUT2D eigenvalue weighted by Crippen LogP contribution is -2.56. The maximum atomic E-state index is 13.3. The summed E-state index contributed by atoms with van der Waals surface area (Å²) < 4.78 is 11.1. The van der Waals surface area contributed by atoms with Crippen molar-refractivity contribution < 1.29 is 14.3 Å². The highest BCUT2D eigenvalue weighted by molar-refractivity contribution is 6.02. The van der Waals surface area contributed by atoms with E-state index in [2.05, 4.69) is 26.1 Å². The van der Waals surface area contributed by atoms with E-state index in [1.165, 1.54) is 0 Å². The van der Waals surface area contributed by atoms with Gasteiger partial charge in [0.15, 0.2) is 0 Å². The lowest BCUT2D eigenvalue weighted by atomic mass is 9.93. The molecule has 0 saturated heterocycles. The van der Waals surface area contributed by atoms with E-state index < -0.39 is 5.66 Å². The lowest BCUT2D eigenvalue weighted by Gasteiger charge is -2.47. The Bertz CT molecular complexity index is 819. The molecule has 0 bridgehead atoms. The number of anilines is 1. The molecule has 3 rings (SSSR count). The number of carbonyl (C=O) groups excluding carboxylic acids is 1. The van der Waals surface area contributed by atoms with Gasteiger partial charge in [-0.15, -0.1) is 0 Å². The molecule has 0 aromatic heterocycles. The molecule has 0 spiro atoms. The molecule has 156 valence electrons. The van der Waals surface area contributed by atoms with Crippen molar-refractivity contribution in [2.45, 2.75) is 39.3 Å². The van der Waals surface area contributed by atoms with Crippen molar-refractivity contribution in [1.29, 1.82) is 0 Å². The molecule has 1 aliphatic rings. The minimum atomic E-state index is -0.643. The van der Waals surface area contributed by atoms with Gasteiger partial charge in [0.25, 0.3) is 5.91 Å². The van der Waals surface area contributed by atoms with E-state index in [9.17, 15) is 4.79 Å². The maximum absolute atomic E-state index is 13.3. The summed E-state index contributed by atoms with van der Waals surface area (Å²) in [5, 5.41) is 3.60. The SMILES string of the molecule is COCCCN1C(=O)c2ccccc2NC1(C)c1ccc(OCCC(C)C)cc1. The van der Waals surface area contributed by atoms with E-state index in [1.807, 2.05) is 53.4 Å². The van der Waals surface area contributed by atoms with Gasteiger partial charge in [-0.1, -0.05) is 38.1 Å². The van der Waals surface area contributed by atoms with Gasteiger partial charge >= 0.3 is 0 Å². The number of ether oxygens (including phenoxy) is 2. The third-order valence-electron chi connectivity index (χ3n) is 5.43. The first kappa shape index (κ1) is 21.2. The zero-order chi connectivity index (χ0) is 20.9. The number of methoxy groups -OCH3 is 1. The van der Waals surface area contributed by atoms with Gasteiger partial charge in [0.1, 0.15) is 11.4 Å². The van der Waals surface area contributed by atoms with Crippen molar-refractivity contribution in [3.8, 4) is 5.75 Å². The second-order valence-electron chi connectivity index (χ2n) is 8.10. The first-order valence-corrected chi connectivity index (χ1v) is 10.4. The number of nitrogens with zero attached hydrogens (tertiary/aromatic N) is 1. The highest BCUT2D eigenvalue weighted by Crippen LogP contribution is 2.38. The van der Waals surface area contributed by atoms with Gasteiger partial charge in [0.2, 0.25) is 0 Å². The van der Waals surface area contributed by atoms with Crippen molar-refractivity contribution in [3.05, 3.63) is 59.7 Å². The van der Waals surface area contributed by atoms with Crippen LogP contribution in [-0.4, -0.2) is 37.7 Å². The second kappa shape index (κ2) is 9.31. The van der Waals surface area contributed by atoms with Gasteiger partial charge in [0, 0.05) is 25.9 Å². The van der Waals surface area contributed by atoms with Crippen molar-refractivity contribution in [1.82, 2.24) is 4.90 Å². The molecule has 1 atom stereocenters. The predicted molar refractivity (Wildman–Crippen MR) is 116 cm³/mol. The standard InChI is InChI=1S/C24H32N2O3/c1-18(2)14-17-29-20-12-10-19(11-13-20)24(3)25-22-9-6-5-8-21(22)23(27)26(24)15-7-16-28-4/h5-6,8-13,18,25H,7,14-17H2,1-4H3. The fourth-order valence-electron chi connectivity index (χ4n) is 3.67. The summed E-state index contributed by atoms with van der Waals surface area (Å²) >= 11 is 0. The molecule has 5 heteroatoms. The summed E-state index contributed by atoms with van der Waals surface area (Å²) in [7, 11) is 1.68. The number of para-hydroxylation sites is 1. The van der Waals surface area contributed by atoms with E-state index >= 15 is 0 Å². The van der Waals surface area contributed by atoms with Crippen LogP contribution < -0.4 is 10.1 Å². The topological polar surface area (TPSA) is 50.8 Å². The minimum absolute atomic E-state index is 0.0372. The van der Waals surface area contributed by atoms with Crippen molar-refractivity contribution >= 4 is 11.6 Å². The van der Waals surface area contributed by atoms with Gasteiger partial charge in [-0.25, -0.2) is 0 Å². The number of rotatable bonds is 9. The van der Waals surface area contributed by atoms with E-state index in [1.54, 1.807) is 7.11 Å². The Hall–Kier alpha value is -2.53. The average molecular weight is 397 g/mol. The summed E-state index contributed by atoms with van der Waals surface area (Å²) in [4.78, 5) is 15.2. The van der Waals surface area contributed by atoms with Crippen LogP contribution in [0.25, 0.3) is 0 Å². The summed E-state index contributed by atoms with van der Waals surface area (Å²) in [5.74, 6) is 1.51. The van der Waals surface area contributed by atoms with Gasteiger partial charge in [0.05, 0.1) is 12.2 Å². The maximum Gasteiger partial charge on any atom is 0.258 e. The molecule has 0 fully saturated rings.